The molecule has 0 amide bonds. The number of hydrogen-bond acceptors (Lipinski definition) is 1. The van der Waals surface area contributed by atoms with Crippen LogP contribution in [0.5, 0.6) is 0 Å². The lowest BCUT2D eigenvalue weighted by Gasteiger charge is -2.55. The van der Waals surface area contributed by atoms with E-state index in [0.717, 1.165) is 35.6 Å². The van der Waals surface area contributed by atoms with Gasteiger partial charge in [-0.15, -0.1) is 0 Å². The summed E-state index contributed by atoms with van der Waals surface area (Å²) in [6, 6.07) is 0.864. The molecule has 4 aliphatic carbocycles. The molecule has 1 heteroatoms. The van der Waals surface area contributed by atoms with Crippen molar-refractivity contribution in [2.45, 2.75) is 65.8 Å². The van der Waals surface area contributed by atoms with Gasteiger partial charge in [-0.3, -0.25) is 0 Å². The first-order valence-electron chi connectivity index (χ1n) is 8.17. The molecule has 1 N–H and O–H groups in total. The van der Waals surface area contributed by atoms with E-state index in [-0.39, 0.29) is 0 Å². The first kappa shape index (κ1) is 13.0. The van der Waals surface area contributed by atoms with Crippen molar-refractivity contribution in [1.29, 1.82) is 0 Å². The summed E-state index contributed by atoms with van der Waals surface area (Å²) < 4.78 is 0. The Balaban J connectivity index is 1.57. The maximum Gasteiger partial charge on any atom is 0.0124 e. The van der Waals surface area contributed by atoms with Gasteiger partial charge in [-0.2, -0.15) is 0 Å². The van der Waals surface area contributed by atoms with E-state index >= 15 is 0 Å². The van der Waals surface area contributed by atoms with Crippen molar-refractivity contribution < 1.29 is 0 Å². The molecule has 0 aromatic rings. The largest absolute Gasteiger partial charge is 0.313 e. The van der Waals surface area contributed by atoms with Gasteiger partial charge in [0.1, 0.15) is 0 Å². The normalized spacial score (nSPS) is 44.3. The first-order chi connectivity index (χ1) is 8.43. The van der Waals surface area contributed by atoms with Crippen LogP contribution in [0.1, 0.15) is 59.8 Å². The number of nitrogens with one attached hydrogen (secondary N) is 1. The second kappa shape index (κ2) is 4.51. The highest BCUT2D eigenvalue weighted by Gasteiger charge is 2.47. The summed E-state index contributed by atoms with van der Waals surface area (Å²) in [5.74, 6) is 5.02. The molecule has 0 radical (unpaired) electrons. The van der Waals surface area contributed by atoms with Crippen LogP contribution < -0.4 is 5.32 Å². The Kier molecular flexibility index (Phi) is 3.25. The lowest BCUT2D eigenvalue weighted by molar-refractivity contribution is -0.0160. The third-order valence-electron chi connectivity index (χ3n) is 6.36. The molecule has 1 atom stereocenters. The summed E-state index contributed by atoms with van der Waals surface area (Å²) in [6.45, 7) is 10.7. The number of hydrogen-bond donors (Lipinski definition) is 1. The van der Waals surface area contributed by atoms with E-state index in [9.17, 15) is 0 Å². The van der Waals surface area contributed by atoms with Crippen LogP contribution in [0, 0.1) is 35.0 Å². The zero-order valence-corrected chi connectivity index (χ0v) is 12.7. The van der Waals surface area contributed by atoms with E-state index in [0.29, 0.717) is 5.41 Å². The maximum atomic E-state index is 3.97. The van der Waals surface area contributed by atoms with E-state index in [1.807, 2.05) is 0 Å². The van der Waals surface area contributed by atoms with Gasteiger partial charge in [0.25, 0.3) is 0 Å². The zero-order valence-electron chi connectivity index (χ0n) is 12.7. The standard InChI is InChI=1S/C17H31N/c1-11(17(2,3)4)10-18-16-14-6-12-5-13(8-14)9-15(16)7-12/h11-16,18H,5-10H2,1-4H3/t11-,12?,13?,14?,15?,16?/m1/s1. The van der Waals surface area contributed by atoms with Gasteiger partial charge in [-0.1, -0.05) is 27.7 Å². The van der Waals surface area contributed by atoms with Gasteiger partial charge in [-0.05, 0) is 73.7 Å². The summed E-state index contributed by atoms with van der Waals surface area (Å²) in [5, 5.41) is 3.97. The highest BCUT2D eigenvalue weighted by molar-refractivity contribution is 5.01. The molecule has 0 aromatic heterocycles. The van der Waals surface area contributed by atoms with Gasteiger partial charge < -0.3 is 5.32 Å². The molecule has 0 aliphatic heterocycles. The van der Waals surface area contributed by atoms with Crippen LogP contribution in [-0.2, 0) is 0 Å². The van der Waals surface area contributed by atoms with E-state index in [1.165, 1.54) is 32.2 Å². The second-order valence-corrected chi connectivity index (χ2v) is 8.63. The molecule has 0 spiro atoms. The Morgan fingerprint density at radius 3 is 1.89 bits per heavy atom. The minimum absolute atomic E-state index is 0.443. The monoisotopic (exact) mass is 249 g/mol. The van der Waals surface area contributed by atoms with E-state index in [2.05, 4.69) is 33.0 Å². The lowest BCUT2D eigenvalue weighted by Crippen LogP contribution is -2.55. The average Bonchev–Trinajstić information content (AvgIpc) is 2.25. The minimum atomic E-state index is 0.443. The molecule has 4 fully saturated rings. The summed E-state index contributed by atoms with van der Waals surface area (Å²) >= 11 is 0. The van der Waals surface area contributed by atoms with Gasteiger partial charge in [0, 0.05) is 6.04 Å². The first-order valence-corrected chi connectivity index (χ1v) is 8.17. The van der Waals surface area contributed by atoms with E-state index in [4.69, 9.17) is 0 Å². The van der Waals surface area contributed by atoms with Crippen molar-refractivity contribution in [1.82, 2.24) is 5.32 Å². The Hall–Kier alpha value is -0.0400. The van der Waals surface area contributed by atoms with Crippen LogP contribution in [0.15, 0.2) is 0 Å². The molecule has 0 heterocycles. The van der Waals surface area contributed by atoms with Crippen molar-refractivity contribution in [2.24, 2.45) is 35.0 Å². The van der Waals surface area contributed by atoms with Gasteiger partial charge >= 0.3 is 0 Å². The summed E-state index contributed by atoms with van der Waals surface area (Å²) in [4.78, 5) is 0. The Morgan fingerprint density at radius 2 is 1.44 bits per heavy atom. The SMILES string of the molecule is C[C@H](CNC1C2CC3CC(C2)CC1C3)C(C)(C)C. The molecule has 18 heavy (non-hydrogen) atoms. The van der Waals surface area contributed by atoms with Crippen LogP contribution in [0.2, 0.25) is 0 Å². The van der Waals surface area contributed by atoms with Crippen LogP contribution in [-0.4, -0.2) is 12.6 Å². The molecule has 0 aromatic carbocycles. The van der Waals surface area contributed by atoms with Crippen LogP contribution in [0.3, 0.4) is 0 Å². The maximum absolute atomic E-state index is 3.97. The third-order valence-corrected chi connectivity index (χ3v) is 6.36. The molecule has 4 aliphatic rings. The fourth-order valence-corrected chi connectivity index (χ4v) is 4.88. The summed E-state index contributed by atoms with van der Waals surface area (Å²) in [6.07, 6.45) is 7.71. The second-order valence-electron chi connectivity index (χ2n) is 8.63. The molecule has 0 saturated heterocycles. The fraction of sp³-hybridized carbons (Fsp3) is 1.00. The predicted molar refractivity (Wildman–Crippen MR) is 77.5 cm³/mol. The third kappa shape index (κ3) is 2.35. The molecule has 0 unspecified atom stereocenters. The smallest absolute Gasteiger partial charge is 0.0124 e. The summed E-state index contributed by atoms with van der Waals surface area (Å²) in [7, 11) is 0. The van der Waals surface area contributed by atoms with Gasteiger partial charge in [0.15, 0.2) is 0 Å². The molecule has 1 nitrogen and oxygen atoms in total. The minimum Gasteiger partial charge on any atom is -0.313 e. The van der Waals surface area contributed by atoms with Gasteiger partial charge in [0.05, 0.1) is 0 Å². The molecule has 4 rings (SSSR count). The van der Waals surface area contributed by atoms with Crippen LogP contribution in [0.25, 0.3) is 0 Å². The highest BCUT2D eigenvalue weighted by atomic mass is 14.9. The predicted octanol–water partition coefficient (Wildman–Crippen LogP) is 4.08. The van der Waals surface area contributed by atoms with Gasteiger partial charge in [0.2, 0.25) is 0 Å². The van der Waals surface area contributed by atoms with Crippen molar-refractivity contribution in [3.05, 3.63) is 0 Å². The van der Waals surface area contributed by atoms with Crippen molar-refractivity contribution >= 4 is 0 Å². The fourth-order valence-electron chi connectivity index (χ4n) is 4.88. The Labute approximate surface area is 113 Å². The molecule has 4 saturated carbocycles. The highest BCUT2D eigenvalue weighted by Crippen LogP contribution is 2.53. The van der Waals surface area contributed by atoms with E-state index in [1.54, 1.807) is 6.42 Å². The lowest BCUT2D eigenvalue weighted by atomic mass is 9.54. The number of rotatable bonds is 3. The topological polar surface area (TPSA) is 12.0 Å². The van der Waals surface area contributed by atoms with Crippen molar-refractivity contribution in [2.75, 3.05) is 6.54 Å². The zero-order chi connectivity index (χ0) is 12.9. The van der Waals surface area contributed by atoms with Gasteiger partial charge in [-0.25, -0.2) is 0 Å². The molecular formula is C17H31N. The van der Waals surface area contributed by atoms with Crippen LogP contribution in [0.4, 0.5) is 0 Å². The molecule has 4 bridgehead atoms. The van der Waals surface area contributed by atoms with E-state index < -0.39 is 0 Å². The van der Waals surface area contributed by atoms with Crippen molar-refractivity contribution in [3.63, 3.8) is 0 Å². The Bertz CT molecular complexity index is 273. The summed E-state index contributed by atoms with van der Waals surface area (Å²) in [5.41, 5.74) is 0.443. The molecular weight excluding hydrogens is 218 g/mol. The van der Waals surface area contributed by atoms with Crippen LogP contribution >= 0.6 is 0 Å². The average molecular weight is 249 g/mol. The van der Waals surface area contributed by atoms with Crippen molar-refractivity contribution in [3.8, 4) is 0 Å². The molecule has 104 valence electrons. The Morgan fingerprint density at radius 1 is 0.944 bits per heavy atom. The quantitative estimate of drug-likeness (QED) is 0.794.